The Morgan fingerprint density at radius 1 is 1.13 bits per heavy atom. The molecule has 124 valence electrons. The lowest BCUT2D eigenvalue weighted by molar-refractivity contribution is 0.201. The molecule has 0 amide bonds. The molecule has 0 atom stereocenters. The van der Waals surface area contributed by atoms with Crippen molar-refractivity contribution in [2.24, 2.45) is 0 Å². The Morgan fingerprint density at radius 2 is 1.87 bits per heavy atom. The second kappa shape index (κ2) is 7.27. The smallest absolute Gasteiger partial charge is 0.205 e. The molecule has 0 bridgehead atoms. The minimum Gasteiger partial charge on any atom is -0.384 e. The molecule has 1 aromatic carbocycles. The van der Waals surface area contributed by atoms with Crippen molar-refractivity contribution in [3.8, 4) is 0 Å². The van der Waals surface area contributed by atoms with Gasteiger partial charge in [0.05, 0.1) is 6.61 Å². The topological polar surface area (TPSA) is 41.5 Å². The van der Waals surface area contributed by atoms with E-state index in [2.05, 4.69) is 51.2 Å². The summed E-state index contributed by atoms with van der Waals surface area (Å²) in [5.74, 6) is 0.892. The van der Waals surface area contributed by atoms with Crippen molar-refractivity contribution in [2.75, 3.05) is 49.7 Å². The molecule has 0 radical (unpaired) electrons. The first kappa shape index (κ1) is 16.2. The fourth-order valence-electron chi connectivity index (χ4n) is 2.88. The molecule has 2 aromatic rings. The fourth-order valence-corrected chi connectivity index (χ4v) is 3.65. The maximum atomic E-state index is 5.09. The van der Waals surface area contributed by atoms with Crippen LogP contribution in [0.5, 0.6) is 0 Å². The van der Waals surface area contributed by atoms with Gasteiger partial charge < -0.3 is 14.5 Å². The molecule has 3 rings (SSSR count). The van der Waals surface area contributed by atoms with Crippen molar-refractivity contribution in [1.82, 2.24) is 9.36 Å². The number of benzene rings is 1. The highest BCUT2D eigenvalue weighted by atomic mass is 32.1. The van der Waals surface area contributed by atoms with Crippen LogP contribution in [0.1, 0.15) is 17.0 Å². The summed E-state index contributed by atoms with van der Waals surface area (Å²) in [5.41, 5.74) is 4.11. The number of anilines is 2. The van der Waals surface area contributed by atoms with Gasteiger partial charge in [-0.25, -0.2) is 4.98 Å². The zero-order valence-corrected chi connectivity index (χ0v) is 14.9. The Morgan fingerprint density at radius 3 is 2.61 bits per heavy atom. The quantitative estimate of drug-likeness (QED) is 0.842. The van der Waals surface area contributed by atoms with Crippen LogP contribution in [0, 0.1) is 13.8 Å². The molecular formula is C17H24N4OS. The number of aryl methyl sites for hydroxylation is 1. The lowest BCUT2D eigenvalue weighted by Crippen LogP contribution is -2.46. The van der Waals surface area contributed by atoms with Gasteiger partial charge in [0, 0.05) is 56.9 Å². The summed E-state index contributed by atoms with van der Waals surface area (Å²) in [6.45, 7) is 9.10. The summed E-state index contributed by atoms with van der Waals surface area (Å²) in [6.07, 6.45) is 0.787. The van der Waals surface area contributed by atoms with Crippen LogP contribution in [0.25, 0.3) is 0 Å². The van der Waals surface area contributed by atoms with E-state index >= 15 is 0 Å². The SMILES string of the molecule is COCCc1nsc(N2CCN(c3cccc(C)c3C)CC2)n1. The number of aromatic nitrogens is 2. The number of rotatable bonds is 5. The van der Waals surface area contributed by atoms with Crippen molar-refractivity contribution in [2.45, 2.75) is 20.3 Å². The second-order valence-electron chi connectivity index (χ2n) is 5.93. The minimum atomic E-state index is 0.677. The van der Waals surface area contributed by atoms with Gasteiger partial charge in [0.15, 0.2) is 0 Å². The van der Waals surface area contributed by atoms with Crippen molar-refractivity contribution < 1.29 is 4.74 Å². The third kappa shape index (κ3) is 3.64. The van der Waals surface area contributed by atoms with Gasteiger partial charge >= 0.3 is 0 Å². The summed E-state index contributed by atoms with van der Waals surface area (Å²) in [7, 11) is 1.71. The van der Waals surface area contributed by atoms with Gasteiger partial charge in [0.25, 0.3) is 0 Å². The maximum absolute atomic E-state index is 5.09. The summed E-state index contributed by atoms with van der Waals surface area (Å²) in [5, 5.41) is 1.04. The van der Waals surface area contributed by atoms with Crippen LogP contribution in [-0.2, 0) is 11.2 Å². The van der Waals surface area contributed by atoms with Gasteiger partial charge in [-0.2, -0.15) is 4.37 Å². The van der Waals surface area contributed by atoms with E-state index in [-0.39, 0.29) is 0 Å². The number of nitrogens with zero attached hydrogens (tertiary/aromatic N) is 4. The highest BCUT2D eigenvalue weighted by molar-refractivity contribution is 7.09. The van der Waals surface area contributed by atoms with Gasteiger partial charge in [-0.15, -0.1) is 0 Å². The molecule has 0 saturated carbocycles. The van der Waals surface area contributed by atoms with E-state index in [9.17, 15) is 0 Å². The molecule has 1 saturated heterocycles. The third-order valence-corrected chi connectivity index (χ3v) is 5.27. The molecule has 0 spiro atoms. The molecule has 2 heterocycles. The molecule has 23 heavy (non-hydrogen) atoms. The van der Waals surface area contributed by atoms with E-state index in [1.165, 1.54) is 28.3 Å². The monoisotopic (exact) mass is 332 g/mol. The Bertz CT molecular complexity index is 650. The first-order valence-electron chi connectivity index (χ1n) is 8.06. The van der Waals surface area contributed by atoms with E-state index in [0.717, 1.165) is 43.6 Å². The van der Waals surface area contributed by atoms with Crippen LogP contribution in [0.15, 0.2) is 18.2 Å². The molecule has 0 aliphatic carbocycles. The Kier molecular flexibility index (Phi) is 5.13. The van der Waals surface area contributed by atoms with Crippen LogP contribution < -0.4 is 9.80 Å². The van der Waals surface area contributed by atoms with Crippen molar-refractivity contribution >= 4 is 22.4 Å². The highest BCUT2D eigenvalue weighted by Crippen LogP contribution is 2.26. The van der Waals surface area contributed by atoms with Gasteiger partial charge in [-0.1, -0.05) is 12.1 Å². The van der Waals surface area contributed by atoms with Gasteiger partial charge in [-0.3, -0.25) is 0 Å². The Labute approximate surface area is 142 Å². The molecule has 1 aliphatic heterocycles. The summed E-state index contributed by atoms with van der Waals surface area (Å²) in [6, 6.07) is 6.56. The average Bonchev–Trinajstić information content (AvgIpc) is 3.05. The zero-order valence-electron chi connectivity index (χ0n) is 14.1. The Balaban J connectivity index is 1.62. The van der Waals surface area contributed by atoms with E-state index in [1.807, 2.05) is 0 Å². The van der Waals surface area contributed by atoms with Crippen molar-refractivity contribution in [3.05, 3.63) is 35.2 Å². The molecule has 0 N–H and O–H groups in total. The van der Waals surface area contributed by atoms with E-state index in [1.54, 1.807) is 7.11 Å². The third-order valence-electron chi connectivity index (χ3n) is 4.45. The number of hydrogen-bond donors (Lipinski definition) is 0. The number of piperazine rings is 1. The van der Waals surface area contributed by atoms with Gasteiger partial charge in [0.1, 0.15) is 5.82 Å². The van der Waals surface area contributed by atoms with E-state index in [4.69, 9.17) is 4.74 Å². The zero-order chi connectivity index (χ0) is 16.2. The van der Waals surface area contributed by atoms with Crippen LogP contribution >= 0.6 is 11.5 Å². The fraction of sp³-hybridized carbons (Fsp3) is 0.529. The van der Waals surface area contributed by atoms with Crippen LogP contribution in [0.3, 0.4) is 0 Å². The number of ether oxygens (including phenoxy) is 1. The predicted molar refractivity (Wildman–Crippen MR) is 95.8 cm³/mol. The predicted octanol–water partition coefficient (Wildman–Crippen LogP) is 2.67. The van der Waals surface area contributed by atoms with E-state index < -0.39 is 0 Å². The van der Waals surface area contributed by atoms with Gasteiger partial charge in [0.2, 0.25) is 5.13 Å². The minimum absolute atomic E-state index is 0.677. The second-order valence-corrected chi connectivity index (χ2v) is 6.66. The average molecular weight is 332 g/mol. The van der Waals surface area contributed by atoms with E-state index in [0.29, 0.717) is 6.61 Å². The first-order chi connectivity index (χ1) is 11.2. The normalized spacial score (nSPS) is 15.3. The lowest BCUT2D eigenvalue weighted by atomic mass is 10.1. The van der Waals surface area contributed by atoms with Gasteiger partial charge in [-0.05, 0) is 31.0 Å². The maximum Gasteiger partial charge on any atom is 0.205 e. The summed E-state index contributed by atoms with van der Waals surface area (Å²) >= 11 is 1.50. The largest absolute Gasteiger partial charge is 0.384 e. The van der Waals surface area contributed by atoms with Crippen LogP contribution in [0.2, 0.25) is 0 Å². The van der Waals surface area contributed by atoms with Crippen molar-refractivity contribution in [3.63, 3.8) is 0 Å². The molecule has 0 unspecified atom stereocenters. The van der Waals surface area contributed by atoms with Crippen LogP contribution in [0.4, 0.5) is 10.8 Å². The molecule has 1 fully saturated rings. The standard InChI is InChI=1S/C17H24N4OS/c1-13-5-4-6-15(14(13)2)20-8-10-21(11-9-20)17-18-16(19-23-17)7-12-22-3/h4-6H,7-12H2,1-3H3. The lowest BCUT2D eigenvalue weighted by Gasteiger charge is -2.36. The highest BCUT2D eigenvalue weighted by Gasteiger charge is 2.21. The Hall–Kier alpha value is -1.66. The molecular weight excluding hydrogens is 308 g/mol. The molecule has 5 nitrogen and oxygen atoms in total. The first-order valence-corrected chi connectivity index (χ1v) is 8.84. The number of methoxy groups -OCH3 is 1. The molecule has 1 aromatic heterocycles. The summed E-state index contributed by atoms with van der Waals surface area (Å²) in [4.78, 5) is 9.46. The molecule has 1 aliphatic rings. The number of hydrogen-bond acceptors (Lipinski definition) is 6. The summed E-state index contributed by atoms with van der Waals surface area (Å²) < 4.78 is 9.52. The van der Waals surface area contributed by atoms with Crippen LogP contribution in [-0.4, -0.2) is 49.3 Å². The molecule has 6 heteroatoms. The van der Waals surface area contributed by atoms with Crippen molar-refractivity contribution in [1.29, 1.82) is 0 Å².